The van der Waals surface area contributed by atoms with Gasteiger partial charge in [-0.05, 0) is 36.8 Å². The highest BCUT2D eigenvalue weighted by atomic mass is 32.1. The molecule has 0 saturated carbocycles. The Morgan fingerprint density at radius 2 is 1.67 bits per heavy atom. The van der Waals surface area contributed by atoms with Crippen molar-refractivity contribution in [3.63, 3.8) is 0 Å². The lowest BCUT2D eigenvalue weighted by molar-refractivity contribution is 1.14. The number of aromatic nitrogens is 2. The van der Waals surface area contributed by atoms with Gasteiger partial charge in [0.1, 0.15) is 0 Å². The summed E-state index contributed by atoms with van der Waals surface area (Å²) < 4.78 is 2.77. The molecular formula is C11H11N3S. The molecule has 1 aromatic heterocycles. The Morgan fingerprint density at radius 1 is 1.07 bits per heavy atom. The summed E-state index contributed by atoms with van der Waals surface area (Å²) >= 11 is 3.96. The van der Waals surface area contributed by atoms with Gasteiger partial charge in [-0.1, -0.05) is 12.8 Å². The van der Waals surface area contributed by atoms with E-state index in [4.69, 9.17) is 0 Å². The predicted octanol–water partition coefficient (Wildman–Crippen LogP) is 2.71. The third-order valence-corrected chi connectivity index (χ3v) is 2.31. The van der Waals surface area contributed by atoms with Crippen LogP contribution in [0.3, 0.4) is 0 Å². The van der Waals surface area contributed by atoms with Crippen LogP contribution in [0.15, 0.2) is 36.7 Å². The van der Waals surface area contributed by atoms with Gasteiger partial charge in [0.2, 0.25) is 0 Å². The second-order valence-corrected chi connectivity index (χ2v) is 3.50. The Hall–Kier alpha value is -1.55. The van der Waals surface area contributed by atoms with Crippen LogP contribution in [0.2, 0.25) is 0 Å². The molecule has 0 spiro atoms. The molecule has 4 heteroatoms. The molecule has 0 saturated heterocycles. The van der Waals surface area contributed by atoms with Crippen LogP contribution >= 0.6 is 12.8 Å². The van der Waals surface area contributed by atoms with Crippen molar-refractivity contribution in [2.24, 2.45) is 0 Å². The number of aryl methyl sites for hydroxylation is 1. The molecule has 0 radical (unpaired) electrons. The lowest BCUT2D eigenvalue weighted by Gasteiger charge is -2.02. The highest BCUT2D eigenvalue weighted by Gasteiger charge is 1.99. The monoisotopic (exact) mass is 217 g/mol. The summed E-state index contributed by atoms with van der Waals surface area (Å²) in [7, 11) is 0. The Morgan fingerprint density at radius 3 is 2.20 bits per heavy atom. The first kappa shape index (κ1) is 9.98. The summed E-state index contributed by atoms with van der Waals surface area (Å²) in [5.41, 5.74) is 3.02. The van der Waals surface area contributed by atoms with Crippen LogP contribution in [0, 0.1) is 6.92 Å². The smallest absolute Gasteiger partial charge is 0.159 e. The quantitative estimate of drug-likeness (QED) is 0.759. The summed E-state index contributed by atoms with van der Waals surface area (Å²) in [5.74, 6) is 0.742. The van der Waals surface area contributed by atoms with E-state index >= 15 is 0 Å². The first-order chi connectivity index (χ1) is 7.29. The van der Waals surface area contributed by atoms with Gasteiger partial charge in [0, 0.05) is 23.6 Å². The maximum Gasteiger partial charge on any atom is 0.159 e. The zero-order chi connectivity index (χ0) is 10.7. The van der Waals surface area contributed by atoms with Gasteiger partial charge in [0.25, 0.3) is 0 Å². The van der Waals surface area contributed by atoms with Gasteiger partial charge in [-0.3, -0.25) is 0 Å². The van der Waals surface area contributed by atoms with E-state index in [9.17, 15) is 0 Å². The van der Waals surface area contributed by atoms with E-state index in [2.05, 4.69) is 27.5 Å². The zero-order valence-electron chi connectivity index (χ0n) is 8.31. The molecule has 1 aromatic carbocycles. The fraction of sp³-hybridized carbons (Fsp3) is 0.0909. The third kappa shape index (κ3) is 2.27. The molecule has 0 aliphatic rings. The van der Waals surface area contributed by atoms with Crippen molar-refractivity contribution >= 4 is 18.5 Å². The molecule has 2 rings (SSSR count). The topological polar surface area (TPSA) is 37.8 Å². The second-order valence-electron chi connectivity index (χ2n) is 3.27. The normalized spacial score (nSPS) is 10.0. The fourth-order valence-electron chi connectivity index (χ4n) is 1.24. The lowest BCUT2D eigenvalue weighted by atomic mass is 10.2. The van der Waals surface area contributed by atoms with Crippen molar-refractivity contribution in [3.05, 3.63) is 42.2 Å². The Balaban J connectivity index is 2.33. The molecule has 1 heterocycles. The summed E-state index contributed by atoms with van der Waals surface area (Å²) in [4.78, 5) is 8.51. The standard InChI is InChI=1S/C11H11N3S/c1-8-6-12-11(13-7-8)9-2-4-10(14-15)5-3-9/h2-7,14-15H,1H3. The van der Waals surface area contributed by atoms with Crippen LogP contribution in [0.25, 0.3) is 11.4 Å². The molecule has 0 fully saturated rings. The van der Waals surface area contributed by atoms with Crippen molar-refractivity contribution in [3.8, 4) is 11.4 Å². The van der Waals surface area contributed by atoms with E-state index in [1.807, 2.05) is 43.6 Å². The van der Waals surface area contributed by atoms with Gasteiger partial charge >= 0.3 is 0 Å². The van der Waals surface area contributed by atoms with Crippen LogP contribution in [-0.4, -0.2) is 9.97 Å². The first-order valence-corrected chi connectivity index (χ1v) is 5.03. The second kappa shape index (κ2) is 4.31. The average Bonchev–Trinajstić information content (AvgIpc) is 2.30. The van der Waals surface area contributed by atoms with Crippen LogP contribution in [-0.2, 0) is 0 Å². The van der Waals surface area contributed by atoms with Gasteiger partial charge in [-0.2, -0.15) is 0 Å². The minimum atomic E-state index is 0.742. The minimum Gasteiger partial charge on any atom is -0.332 e. The van der Waals surface area contributed by atoms with E-state index in [1.165, 1.54) is 0 Å². The van der Waals surface area contributed by atoms with Crippen molar-refractivity contribution < 1.29 is 0 Å². The van der Waals surface area contributed by atoms with Gasteiger partial charge in [-0.15, -0.1) is 0 Å². The van der Waals surface area contributed by atoms with Crippen molar-refractivity contribution in [2.45, 2.75) is 6.92 Å². The number of thiol groups is 1. The number of anilines is 1. The number of hydrogen-bond acceptors (Lipinski definition) is 4. The third-order valence-electron chi connectivity index (χ3n) is 2.05. The first-order valence-electron chi connectivity index (χ1n) is 4.59. The van der Waals surface area contributed by atoms with Crippen LogP contribution in [0.4, 0.5) is 5.69 Å². The average molecular weight is 217 g/mol. The molecule has 0 aliphatic carbocycles. The Kier molecular flexibility index (Phi) is 2.87. The zero-order valence-corrected chi connectivity index (χ0v) is 9.20. The molecule has 2 aromatic rings. The van der Waals surface area contributed by atoms with Gasteiger partial charge < -0.3 is 4.72 Å². The molecule has 0 bridgehead atoms. The van der Waals surface area contributed by atoms with E-state index in [1.54, 1.807) is 0 Å². The van der Waals surface area contributed by atoms with E-state index < -0.39 is 0 Å². The highest BCUT2D eigenvalue weighted by Crippen LogP contribution is 2.17. The molecule has 0 amide bonds. The van der Waals surface area contributed by atoms with E-state index in [0.717, 1.165) is 22.6 Å². The predicted molar refractivity (Wildman–Crippen MR) is 64.8 cm³/mol. The molecule has 0 atom stereocenters. The van der Waals surface area contributed by atoms with Gasteiger partial charge in [0.05, 0.1) is 0 Å². The van der Waals surface area contributed by atoms with Crippen molar-refractivity contribution in [1.82, 2.24) is 9.97 Å². The van der Waals surface area contributed by atoms with E-state index in [-0.39, 0.29) is 0 Å². The summed E-state index contributed by atoms with van der Waals surface area (Å²) in [6, 6.07) is 7.80. The lowest BCUT2D eigenvalue weighted by Crippen LogP contribution is -1.89. The number of rotatable bonds is 2. The van der Waals surface area contributed by atoms with Crippen molar-refractivity contribution in [2.75, 3.05) is 4.72 Å². The molecule has 76 valence electrons. The highest BCUT2D eigenvalue weighted by molar-refractivity contribution is 7.81. The summed E-state index contributed by atoms with van der Waals surface area (Å²) in [6.07, 6.45) is 3.63. The minimum absolute atomic E-state index is 0.742. The SMILES string of the molecule is Cc1cnc(-c2ccc(NS)cc2)nc1. The molecule has 1 N–H and O–H groups in total. The fourth-order valence-corrected chi connectivity index (χ4v) is 1.38. The number of nitrogens with one attached hydrogen (secondary N) is 1. The molecule has 3 nitrogen and oxygen atoms in total. The van der Waals surface area contributed by atoms with Crippen LogP contribution in [0.1, 0.15) is 5.56 Å². The van der Waals surface area contributed by atoms with Gasteiger partial charge in [-0.25, -0.2) is 9.97 Å². The largest absolute Gasteiger partial charge is 0.332 e. The maximum atomic E-state index is 4.25. The molecule has 0 aliphatic heterocycles. The number of nitrogens with zero attached hydrogens (tertiary/aromatic N) is 2. The van der Waals surface area contributed by atoms with Crippen molar-refractivity contribution in [1.29, 1.82) is 0 Å². The summed E-state index contributed by atoms with van der Waals surface area (Å²) in [5, 5.41) is 0. The summed E-state index contributed by atoms with van der Waals surface area (Å²) in [6.45, 7) is 1.97. The Labute approximate surface area is 94.1 Å². The molecule has 15 heavy (non-hydrogen) atoms. The molecule has 0 unspecified atom stereocenters. The van der Waals surface area contributed by atoms with Gasteiger partial charge in [0.15, 0.2) is 5.82 Å². The number of benzene rings is 1. The van der Waals surface area contributed by atoms with Crippen LogP contribution < -0.4 is 4.72 Å². The van der Waals surface area contributed by atoms with E-state index in [0.29, 0.717) is 0 Å². The van der Waals surface area contributed by atoms with Crippen LogP contribution in [0.5, 0.6) is 0 Å². The maximum absolute atomic E-state index is 4.25. The number of hydrogen-bond donors (Lipinski definition) is 2. The molecular weight excluding hydrogens is 206 g/mol. The Bertz CT molecular complexity index is 436.